The lowest BCUT2D eigenvalue weighted by Crippen LogP contribution is -2.29. The van der Waals surface area contributed by atoms with Gasteiger partial charge in [0.1, 0.15) is 16.5 Å². The molecule has 3 aromatic carbocycles. The van der Waals surface area contributed by atoms with Crippen LogP contribution in [-0.2, 0) is 9.59 Å². The summed E-state index contributed by atoms with van der Waals surface area (Å²) in [6.07, 6.45) is 0. The average Bonchev–Trinajstić information content (AvgIpc) is 3.17. The number of benzene rings is 3. The Kier molecular flexibility index (Phi) is 8.42. The van der Waals surface area contributed by atoms with E-state index in [1.165, 1.54) is 25.2 Å². The SMILES string of the molecule is COc1c(Cl)cc(/C(O)=C2\C(=O)C(=O)N(c3ccc(OCC(C)C)cc3)C2c2ccccc2C)c(OC)c1Cl. The third-order valence-corrected chi connectivity index (χ3v) is 7.04. The fourth-order valence-electron chi connectivity index (χ4n) is 4.54. The Hall–Kier alpha value is -3.68. The van der Waals surface area contributed by atoms with E-state index < -0.39 is 23.5 Å². The number of ether oxygens (including phenoxy) is 3. The molecule has 1 aliphatic rings. The van der Waals surface area contributed by atoms with Crippen molar-refractivity contribution in [2.45, 2.75) is 26.8 Å². The highest BCUT2D eigenvalue weighted by Crippen LogP contribution is 2.48. The molecule has 1 unspecified atom stereocenters. The van der Waals surface area contributed by atoms with Crippen LogP contribution >= 0.6 is 23.2 Å². The lowest BCUT2D eigenvalue weighted by atomic mass is 9.92. The molecule has 9 heteroatoms. The van der Waals surface area contributed by atoms with E-state index in [1.54, 1.807) is 24.3 Å². The van der Waals surface area contributed by atoms with Crippen LogP contribution in [0.15, 0.2) is 60.2 Å². The minimum atomic E-state index is -0.932. The Labute approximate surface area is 237 Å². The molecule has 0 aliphatic carbocycles. The number of anilines is 1. The molecule has 3 aromatic rings. The number of amides is 1. The zero-order valence-electron chi connectivity index (χ0n) is 22.2. The van der Waals surface area contributed by atoms with Crippen LogP contribution < -0.4 is 19.1 Å². The quantitative estimate of drug-likeness (QED) is 0.179. The molecule has 39 heavy (non-hydrogen) atoms. The fraction of sp³-hybridized carbons (Fsp3) is 0.267. The number of halogens is 2. The van der Waals surface area contributed by atoms with E-state index in [2.05, 4.69) is 0 Å². The van der Waals surface area contributed by atoms with Gasteiger partial charge in [0.15, 0.2) is 11.5 Å². The molecular formula is C30H29Cl2NO6. The number of aliphatic hydroxyl groups excluding tert-OH is 1. The molecule has 4 rings (SSSR count). The first kappa shape index (κ1) is 28.3. The van der Waals surface area contributed by atoms with Crippen molar-refractivity contribution in [1.82, 2.24) is 0 Å². The molecule has 1 heterocycles. The Balaban J connectivity index is 1.93. The summed E-state index contributed by atoms with van der Waals surface area (Å²) in [6, 6.07) is 14.8. The molecule has 0 radical (unpaired) electrons. The van der Waals surface area contributed by atoms with Crippen molar-refractivity contribution in [3.63, 3.8) is 0 Å². The van der Waals surface area contributed by atoms with E-state index in [0.29, 0.717) is 29.5 Å². The lowest BCUT2D eigenvalue weighted by molar-refractivity contribution is -0.132. The zero-order chi connectivity index (χ0) is 28.4. The molecule has 1 saturated heterocycles. The van der Waals surface area contributed by atoms with Crippen molar-refractivity contribution in [3.05, 3.63) is 86.9 Å². The molecule has 0 bridgehead atoms. The topological polar surface area (TPSA) is 85.3 Å². The maximum absolute atomic E-state index is 13.6. The fourth-order valence-corrected chi connectivity index (χ4v) is 5.23. The minimum absolute atomic E-state index is 0.0210. The molecule has 204 valence electrons. The summed E-state index contributed by atoms with van der Waals surface area (Å²) in [5.41, 5.74) is 1.91. The van der Waals surface area contributed by atoms with Gasteiger partial charge in [0.2, 0.25) is 0 Å². The van der Waals surface area contributed by atoms with E-state index in [4.69, 9.17) is 37.4 Å². The van der Waals surface area contributed by atoms with Gasteiger partial charge >= 0.3 is 0 Å². The summed E-state index contributed by atoms with van der Waals surface area (Å²) >= 11 is 12.8. The number of aliphatic hydroxyl groups is 1. The monoisotopic (exact) mass is 569 g/mol. The zero-order valence-corrected chi connectivity index (χ0v) is 23.8. The largest absolute Gasteiger partial charge is 0.507 e. The minimum Gasteiger partial charge on any atom is -0.507 e. The molecule has 7 nitrogen and oxygen atoms in total. The maximum atomic E-state index is 13.6. The third kappa shape index (κ3) is 5.29. The first-order valence-corrected chi connectivity index (χ1v) is 13.1. The van der Waals surface area contributed by atoms with Gasteiger partial charge in [-0.3, -0.25) is 14.5 Å². The summed E-state index contributed by atoms with van der Waals surface area (Å²) < 4.78 is 16.5. The number of aryl methyl sites for hydroxylation is 1. The normalized spacial score (nSPS) is 16.6. The highest BCUT2D eigenvalue weighted by Gasteiger charge is 2.47. The van der Waals surface area contributed by atoms with Crippen LogP contribution in [0.2, 0.25) is 10.0 Å². The van der Waals surface area contributed by atoms with E-state index in [-0.39, 0.29) is 32.7 Å². The van der Waals surface area contributed by atoms with E-state index in [9.17, 15) is 14.7 Å². The lowest BCUT2D eigenvalue weighted by Gasteiger charge is -2.27. The Morgan fingerprint density at radius 2 is 1.64 bits per heavy atom. The van der Waals surface area contributed by atoms with Crippen LogP contribution in [0, 0.1) is 12.8 Å². The van der Waals surface area contributed by atoms with Gasteiger partial charge in [0, 0.05) is 5.69 Å². The van der Waals surface area contributed by atoms with Crippen molar-refractivity contribution in [2.24, 2.45) is 5.92 Å². The number of ketones is 1. The molecule has 1 amide bonds. The number of nitrogens with zero attached hydrogens (tertiary/aromatic N) is 1. The molecule has 0 saturated carbocycles. The van der Waals surface area contributed by atoms with Gasteiger partial charge < -0.3 is 19.3 Å². The van der Waals surface area contributed by atoms with Crippen molar-refractivity contribution in [3.8, 4) is 17.2 Å². The van der Waals surface area contributed by atoms with Crippen LogP contribution in [0.3, 0.4) is 0 Å². The Morgan fingerprint density at radius 1 is 1.00 bits per heavy atom. The molecule has 1 N–H and O–H groups in total. The number of Topliss-reactive ketones (excluding diaryl/α,β-unsaturated/α-hetero) is 1. The third-order valence-electron chi connectivity index (χ3n) is 6.42. The Bertz CT molecular complexity index is 1450. The number of rotatable bonds is 8. The molecule has 1 atom stereocenters. The number of carbonyl (C=O) groups is 2. The number of hydrogen-bond donors (Lipinski definition) is 1. The van der Waals surface area contributed by atoms with Gasteiger partial charge in [-0.05, 0) is 54.3 Å². The average molecular weight is 570 g/mol. The summed E-state index contributed by atoms with van der Waals surface area (Å²) in [5, 5.41) is 11.7. The summed E-state index contributed by atoms with van der Waals surface area (Å²) in [4.78, 5) is 28.5. The first-order valence-electron chi connectivity index (χ1n) is 12.3. The van der Waals surface area contributed by atoms with E-state index in [0.717, 1.165) is 5.56 Å². The van der Waals surface area contributed by atoms with Gasteiger partial charge in [0.25, 0.3) is 11.7 Å². The molecule has 1 fully saturated rings. The van der Waals surface area contributed by atoms with Crippen molar-refractivity contribution in [2.75, 3.05) is 25.7 Å². The second kappa shape index (κ2) is 11.6. The van der Waals surface area contributed by atoms with Crippen molar-refractivity contribution < 1.29 is 28.9 Å². The van der Waals surface area contributed by atoms with Gasteiger partial charge in [-0.25, -0.2) is 0 Å². The second-order valence-corrected chi connectivity index (χ2v) is 10.3. The summed E-state index contributed by atoms with van der Waals surface area (Å²) in [5.74, 6) is -0.913. The van der Waals surface area contributed by atoms with E-state index in [1.807, 2.05) is 45.0 Å². The predicted molar refractivity (Wildman–Crippen MR) is 152 cm³/mol. The molecule has 0 aromatic heterocycles. The highest BCUT2D eigenvalue weighted by atomic mass is 35.5. The summed E-state index contributed by atoms with van der Waals surface area (Å²) in [7, 11) is 2.76. The van der Waals surface area contributed by atoms with Gasteiger partial charge in [-0.2, -0.15) is 0 Å². The molecule has 0 spiro atoms. The maximum Gasteiger partial charge on any atom is 0.300 e. The van der Waals surface area contributed by atoms with Gasteiger partial charge in [0.05, 0.1) is 43.0 Å². The number of methoxy groups -OCH3 is 2. The second-order valence-electron chi connectivity index (χ2n) is 9.51. The predicted octanol–water partition coefficient (Wildman–Crippen LogP) is 6.98. The highest BCUT2D eigenvalue weighted by molar-refractivity contribution is 6.52. The molecule has 1 aliphatic heterocycles. The number of hydrogen-bond acceptors (Lipinski definition) is 6. The Morgan fingerprint density at radius 3 is 2.23 bits per heavy atom. The first-order chi connectivity index (χ1) is 18.6. The standard InChI is InChI=1S/C30H29Cl2NO6/c1-16(2)15-39-19-12-10-18(11-13-19)33-25(20-9-7-6-8-17(20)3)23(27(35)30(33)36)26(34)21-14-22(31)29(38-5)24(32)28(21)37-4/h6-14,16,25,34H,15H2,1-5H3/b26-23+. The van der Waals surface area contributed by atoms with Crippen LogP contribution in [0.5, 0.6) is 17.2 Å². The van der Waals surface area contributed by atoms with Gasteiger partial charge in [-0.1, -0.05) is 61.3 Å². The van der Waals surface area contributed by atoms with Crippen molar-refractivity contribution >= 4 is 46.3 Å². The van der Waals surface area contributed by atoms with Gasteiger partial charge in [-0.15, -0.1) is 0 Å². The smallest absolute Gasteiger partial charge is 0.300 e. The van der Waals surface area contributed by atoms with Crippen LogP contribution in [0.4, 0.5) is 5.69 Å². The summed E-state index contributed by atoms with van der Waals surface area (Å²) in [6.45, 7) is 6.52. The van der Waals surface area contributed by atoms with Crippen molar-refractivity contribution in [1.29, 1.82) is 0 Å². The van der Waals surface area contributed by atoms with Crippen LogP contribution in [0.25, 0.3) is 5.76 Å². The van der Waals surface area contributed by atoms with E-state index >= 15 is 0 Å². The van der Waals surface area contributed by atoms with Crippen LogP contribution in [-0.4, -0.2) is 37.6 Å². The molecular weight excluding hydrogens is 541 g/mol. The van der Waals surface area contributed by atoms with Crippen LogP contribution in [0.1, 0.15) is 36.6 Å². The number of carbonyl (C=O) groups excluding carboxylic acids is 2.